The second-order valence-electron chi connectivity index (χ2n) is 6.51. The van der Waals surface area contributed by atoms with Crippen LogP contribution in [0.25, 0.3) is 0 Å². The number of ether oxygens (including phenoxy) is 2. The van der Waals surface area contributed by atoms with Gasteiger partial charge in [0.05, 0.1) is 6.61 Å². The fourth-order valence-electron chi connectivity index (χ4n) is 3.05. The van der Waals surface area contributed by atoms with Crippen LogP contribution >= 0.6 is 0 Å². The van der Waals surface area contributed by atoms with Crippen molar-refractivity contribution in [3.8, 4) is 11.5 Å². The average Bonchev–Trinajstić information content (AvgIpc) is 2.74. The molecule has 2 amide bonds. The van der Waals surface area contributed by atoms with E-state index in [1.54, 1.807) is 42.7 Å². The van der Waals surface area contributed by atoms with Gasteiger partial charge in [0.2, 0.25) is 0 Å². The van der Waals surface area contributed by atoms with E-state index in [0.717, 1.165) is 25.9 Å². The van der Waals surface area contributed by atoms with E-state index >= 15 is 0 Å². The van der Waals surface area contributed by atoms with E-state index in [1.807, 2.05) is 11.8 Å². The van der Waals surface area contributed by atoms with Crippen molar-refractivity contribution in [3.63, 3.8) is 0 Å². The van der Waals surface area contributed by atoms with E-state index in [1.165, 1.54) is 6.42 Å². The Morgan fingerprint density at radius 1 is 1.04 bits per heavy atom. The van der Waals surface area contributed by atoms with Crippen LogP contribution in [-0.4, -0.2) is 48.0 Å². The molecule has 0 spiro atoms. The molecule has 7 nitrogen and oxygen atoms in total. The third-order valence-corrected chi connectivity index (χ3v) is 4.50. The summed E-state index contributed by atoms with van der Waals surface area (Å²) in [5.41, 5.74) is 1.10. The zero-order valence-electron chi connectivity index (χ0n) is 16.0. The van der Waals surface area contributed by atoms with Gasteiger partial charge in [-0.05, 0) is 56.5 Å². The van der Waals surface area contributed by atoms with E-state index in [0.29, 0.717) is 29.4 Å². The molecule has 1 fully saturated rings. The molecule has 0 unspecified atom stereocenters. The van der Waals surface area contributed by atoms with E-state index in [-0.39, 0.29) is 18.4 Å². The van der Waals surface area contributed by atoms with Crippen LogP contribution in [-0.2, 0) is 4.79 Å². The number of likely N-dealkylation sites (tertiary alicyclic amines) is 1. The Kier molecular flexibility index (Phi) is 6.84. The Balaban J connectivity index is 1.66. The molecule has 28 heavy (non-hydrogen) atoms. The average molecular weight is 383 g/mol. The molecule has 1 aromatic carbocycles. The number of hydrogen-bond donors (Lipinski definition) is 1. The molecule has 0 atom stereocenters. The molecule has 3 rings (SSSR count). The Morgan fingerprint density at radius 3 is 2.50 bits per heavy atom. The molecule has 148 valence electrons. The summed E-state index contributed by atoms with van der Waals surface area (Å²) in [6, 6.07) is 8.37. The first-order chi connectivity index (χ1) is 13.7. The van der Waals surface area contributed by atoms with E-state index < -0.39 is 0 Å². The van der Waals surface area contributed by atoms with Crippen LogP contribution in [0.1, 0.15) is 36.5 Å². The zero-order valence-corrected chi connectivity index (χ0v) is 16.0. The van der Waals surface area contributed by atoms with Crippen molar-refractivity contribution in [2.24, 2.45) is 0 Å². The third-order valence-electron chi connectivity index (χ3n) is 4.50. The first-order valence-corrected chi connectivity index (χ1v) is 9.56. The van der Waals surface area contributed by atoms with Crippen molar-refractivity contribution >= 4 is 17.5 Å². The number of nitrogens with zero attached hydrogens (tertiary/aromatic N) is 2. The highest BCUT2D eigenvalue weighted by Gasteiger charge is 2.18. The highest BCUT2D eigenvalue weighted by Crippen LogP contribution is 2.29. The molecule has 1 aliphatic heterocycles. The van der Waals surface area contributed by atoms with Gasteiger partial charge in [-0.25, -0.2) is 0 Å². The van der Waals surface area contributed by atoms with Crippen LogP contribution in [0.5, 0.6) is 11.5 Å². The summed E-state index contributed by atoms with van der Waals surface area (Å²) in [6.07, 6.45) is 6.46. The molecule has 0 aliphatic carbocycles. The van der Waals surface area contributed by atoms with Crippen LogP contribution in [0, 0.1) is 0 Å². The van der Waals surface area contributed by atoms with Gasteiger partial charge in [0.15, 0.2) is 18.1 Å². The van der Waals surface area contributed by atoms with Gasteiger partial charge in [-0.2, -0.15) is 0 Å². The minimum absolute atomic E-state index is 0.0262. The number of carbonyl (C=O) groups excluding carboxylic acids is 2. The standard InChI is InChI=1S/C21H25N3O4/c1-2-27-19-14-16(21(26)23-17-8-10-22-11-9-17)6-7-18(19)28-15-20(25)24-12-4-3-5-13-24/h6-11,14H,2-5,12-13,15H2,1H3,(H,22,23,26). The number of nitrogens with one attached hydrogen (secondary N) is 1. The number of hydrogen-bond acceptors (Lipinski definition) is 5. The Morgan fingerprint density at radius 2 is 1.79 bits per heavy atom. The maximum absolute atomic E-state index is 12.5. The number of anilines is 1. The van der Waals surface area contributed by atoms with Gasteiger partial charge in [-0.15, -0.1) is 0 Å². The molecule has 0 saturated carbocycles. The van der Waals surface area contributed by atoms with Gasteiger partial charge in [-0.1, -0.05) is 0 Å². The smallest absolute Gasteiger partial charge is 0.260 e. The van der Waals surface area contributed by atoms with Crippen molar-refractivity contribution in [2.45, 2.75) is 26.2 Å². The second-order valence-corrected chi connectivity index (χ2v) is 6.51. The number of piperidine rings is 1. The normalized spacial score (nSPS) is 13.7. The molecule has 0 bridgehead atoms. The second kappa shape index (κ2) is 9.73. The predicted octanol–water partition coefficient (Wildman–Crippen LogP) is 3.12. The number of aromatic nitrogens is 1. The molecule has 1 N–H and O–H groups in total. The van der Waals surface area contributed by atoms with E-state index in [9.17, 15) is 9.59 Å². The Bertz CT molecular complexity index is 805. The SMILES string of the molecule is CCOc1cc(C(=O)Nc2ccncc2)ccc1OCC(=O)N1CCCCC1. The monoisotopic (exact) mass is 383 g/mol. The highest BCUT2D eigenvalue weighted by molar-refractivity contribution is 6.04. The Hall–Kier alpha value is -3.09. The topological polar surface area (TPSA) is 80.8 Å². The van der Waals surface area contributed by atoms with Gasteiger partial charge in [-0.3, -0.25) is 14.6 Å². The summed E-state index contributed by atoms with van der Waals surface area (Å²) in [5, 5.41) is 2.80. The fraction of sp³-hybridized carbons (Fsp3) is 0.381. The summed E-state index contributed by atoms with van der Waals surface area (Å²) in [4.78, 5) is 30.5. The lowest BCUT2D eigenvalue weighted by atomic mass is 10.1. The number of pyridine rings is 1. The quantitative estimate of drug-likeness (QED) is 0.795. The number of carbonyl (C=O) groups is 2. The fourth-order valence-corrected chi connectivity index (χ4v) is 3.05. The van der Waals surface area contributed by atoms with Crippen molar-refractivity contribution in [1.29, 1.82) is 0 Å². The molecule has 2 heterocycles. The molecule has 2 aromatic rings. The van der Waals surface area contributed by atoms with Crippen LogP contribution < -0.4 is 14.8 Å². The highest BCUT2D eigenvalue weighted by atomic mass is 16.5. The van der Waals surface area contributed by atoms with Crippen molar-refractivity contribution in [2.75, 3.05) is 31.6 Å². The first-order valence-electron chi connectivity index (χ1n) is 9.56. The molecular formula is C21H25N3O4. The van der Waals surface area contributed by atoms with Crippen LogP contribution in [0.2, 0.25) is 0 Å². The van der Waals surface area contributed by atoms with Crippen molar-refractivity contribution in [1.82, 2.24) is 9.88 Å². The summed E-state index contributed by atoms with van der Waals surface area (Å²) in [5.74, 6) is 0.605. The minimum Gasteiger partial charge on any atom is -0.490 e. The number of rotatable bonds is 7. The third kappa shape index (κ3) is 5.22. The summed E-state index contributed by atoms with van der Waals surface area (Å²) in [7, 11) is 0. The molecular weight excluding hydrogens is 358 g/mol. The maximum Gasteiger partial charge on any atom is 0.260 e. The van der Waals surface area contributed by atoms with Gasteiger partial charge in [0, 0.05) is 36.7 Å². The molecule has 1 saturated heterocycles. The lowest BCUT2D eigenvalue weighted by molar-refractivity contribution is -0.134. The lowest BCUT2D eigenvalue weighted by Gasteiger charge is -2.26. The molecule has 7 heteroatoms. The number of amides is 2. The predicted molar refractivity (Wildman–Crippen MR) is 106 cm³/mol. The largest absolute Gasteiger partial charge is 0.490 e. The minimum atomic E-state index is -0.261. The molecule has 0 radical (unpaired) electrons. The zero-order chi connectivity index (χ0) is 19.8. The van der Waals surface area contributed by atoms with Crippen LogP contribution in [0.15, 0.2) is 42.7 Å². The first kappa shape index (κ1) is 19.7. The van der Waals surface area contributed by atoms with Crippen LogP contribution in [0.4, 0.5) is 5.69 Å². The van der Waals surface area contributed by atoms with E-state index in [4.69, 9.17) is 9.47 Å². The summed E-state index contributed by atoms with van der Waals surface area (Å²) < 4.78 is 11.3. The molecule has 1 aromatic heterocycles. The van der Waals surface area contributed by atoms with Gasteiger partial charge < -0.3 is 19.7 Å². The van der Waals surface area contributed by atoms with Crippen molar-refractivity contribution < 1.29 is 19.1 Å². The number of benzene rings is 1. The lowest BCUT2D eigenvalue weighted by Crippen LogP contribution is -2.38. The molecule has 1 aliphatic rings. The summed E-state index contributed by atoms with van der Waals surface area (Å²) >= 11 is 0. The van der Waals surface area contributed by atoms with E-state index in [2.05, 4.69) is 10.3 Å². The van der Waals surface area contributed by atoms with Gasteiger partial charge in [0.1, 0.15) is 0 Å². The maximum atomic E-state index is 12.5. The summed E-state index contributed by atoms with van der Waals surface area (Å²) in [6.45, 7) is 3.81. The van der Waals surface area contributed by atoms with Gasteiger partial charge in [0.25, 0.3) is 11.8 Å². The Labute approximate surface area is 164 Å². The van der Waals surface area contributed by atoms with Gasteiger partial charge >= 0.3 is 0 Å². The van der Waals surface area contributed by atoms with Crippen molar-refractivity contribution in [3.05, 3.63) is 48.3 Å². The van der Waals surface area contributed by atoms with Crippen LogP contribution in [0.3, 0.4) is 0 Å².